The number of ether oxygens (including phenoxy) is 1. The van der Waals surface area contributed by atoms with Crippen molar-refractivity contribution in [1.29, 1.82) is 0 Å². The molecule has 2 fully saturated rings. The average molecular weight is 204 g/mol. The summed E-state index contributed by atoms with van der Waals surface area (Å²) in [5.41, 5.74) is -3.53. The summed E-state index contributed by atoms with van der Waals surface area (Å²) in [5, 5.41) is 37.9. The second kappa shape index (κ2) is 2.34. The topological polar surface area (TPSA) is 107 Å². The summed E-state index contributed by atoms with van der Waals surface area (Å²) >= 11 is 0. The highest BCUT2D eigenvalue weighted by Gasteiger charge is 2.94. The number of aliphatic hydroxyl groups excluding tert-OH is 2. The summed E-state index contributed by atoms with van der Waals surface area (Å²) in [6.07, 6.45) is -2.17. The zero-order chi connectivity index (χ0) is 10.8. The lowest BCUT2D eigenvalue weighted by atomic mass is 9.98. The molecule has 1 aliphatic heterocycles. The van der Waals surface area contributed by atoms with Gasteiger partial charge >= 0.3 is 0 Å². The van der Waals surface area contributed by atoms with E-state index in [1.54, 1.807) is 0 Å². The van der Waals surface area contributed by atoms with Crippen LogP contribution in [0.5, 0.6) is 0 Å². The van der Waals surface area contributed by atoms with E-state index in [1.165, 1.54) is 6.92 Å². The van der Waals surface area contributed by atoms with E-state index in [1.807, 2.05) is 0 Å². The minimum absolute atomic E-state index is 0.351. The Morgan fingerprint density at radius 1 is 1.50 bits per heavy atom. The molecular weight excluding hydrogens is 192 g/mol. The van der Waals surface area contributed by atoms with E-state index in [2.05, 4.69) is 0 Å². The average Bonchev–Trinajstić information content (AvgIpc) is 2.43. The number of hydrogen-bond donors (Lipinski definition) is 4. The number of carbonyl (C=O) groups is 1. The zero-order valence-corrected chi connectivity index (χ0v) is 7.54. The van der Waals surface area contributed by atoms with Crippen LogP contribution in [0.3, 0.4) is 0 Å². The van der Waals surface area contributed by atoms with E-state index in [0.29, 0.717) is 6.29 Å². The van der Waals surface area contributed by atoms with Gasteiger partial charge < -0.3 is 30.0 Å². The molecule has 0 aromatic heterocycles. The molecule has 0 amide bonds. The molecule has 0 aromatic carbocycles. The zero-order valence-electron chi connectivity index (χ0n) is 7.54. The number of aliphatic hydroxyl groups is 4. The van der Waals surface area contributed by atoms with E-state index < -0.39 is 35.6 Å². The predicted octanol–water partition coefficient (Wildman–Crippen LogP) is -2.62. The van der Waals surface area contributed by atoms with Gasteiger partial charge in [-0.1, -0.05) is 0 Å². The minimum Gasteiger partial charge on any atom is -0.394 e. The minimum atomic E-state index is -2.07. The van der Waals surface area contributed by atoms with Crippen molar-refractivity contribution in [3.63, 3.8) is 0 Å². The molecule has 0 radical (unpaired) electrons. The van der Waals surface area contributed by atoms with Crippen molar-refractivity contribution in [2.24, 2.45) is 5.41 Å². The third-order valence-electron chi connectivity index (χ3n) is 3.47. The molecule has 1 heterocycles. The van der Waals surface area contributed by atoms with Crippen molar-refractivity contribution in [3.8, 4) is 0 Å². The molecule has 0 bridgehead atoms. The number of fused-ring (bicyclic) bond motifs is 1. The molecule has 2 aliphatic rings. The molecule has 14 heavy (non-hydrogen) atoms. The lowest BCUT2D eigenvalue weighted by Crippen LogP contribution is -2.42. The van der Waals surface area contributed by atoms with Crippen molar-refractivity contribution >= 4 is 6.29 Å². The Labute approximate surface area is 79.7 Å². The lowest BCUT2D eigenvalue weighted by Gasteiger charge is -2.22. The molecule has 6 nitrogen and oxygen atoms in total. The molecule has 1 unspecified atom stereocenters. The summed E-state index contributed by atoms with van der Waals surface area (Å²) in [5.74, 6) is -2.07. The quantitative estimate of drug-likeness (QED) is 0.367. The molecule has 6 heteroatoms. The van der Waals surface area contributed by atoms with E-state index in [9.17, 15) is 20.1 Å². The monoisotopic (exact) mass is 204 g/mol. The van der Waals surface area contributed by atoms with Crippen molar-refractivity contribution in [2.75, 3.05) is 6.61 Å². The second-order valence-corrected chi connectivity index (χ2v) is 4.01. The van der Waals surface area contributed by atoms with Crippen molar-refractivity contribution in [1.82, 2.24) is 0 Å². The van der Waals surface area contributed by atoms with Gasteiger partial charge in [0, 0.05) is 0 Å². The third-order valence-corrected chi connectivity index (χ3v) is 3.47. The van der Waals surface area contributed by atoms with Gasteiger partial charge in [0.25, 0.3) is 0 Å². The van der Waals surface area contributed by atoms with Gasteiger partial charge in [0.05, 0.1) is 6.61 Å². The van der Waals surface area contributed by atoms with E-state index in [4.69, 9.17) is 9.84 Å². The van der Waals surface area contributed by atoms with Crippen LogP contribution < -0.4 is 0 Å². The van der Waals surface area contributed by atoms with Crippen LogP contribution in [0.1, 0.15) is 6.92 Å². The fourth-order valence-corrected chi connectivity index (χ4v) is 2.28. The summed E-state index contributed by atoms with van der Waals surface area (Å²) in [7, 11) is 0. The normalized spacial score (nSPS) is 60.9. The van der Waals surface area contributed by atoms with E-state index in [0.717, 1.165) is 0 Å². The van der Waals surface area contributed by atoms with E-state index >= 15 is 0 Å². The van der Waals surface area contributed by atoms with Gasteiger partial charge in [-0.05, 0) is 6.92 Å². The van der Waals surface area contributed by atoms with E-state index in [-0.39, 0.29) is 0 Å². The molecule has 0 spiro atoms. The van der Waals surface area contributed by atoms with Crippen LogP contribution in [0.4, 0.5) is 0 Å². The summed E-state index contributed by atoms with van der Waals surface area (Å²) < 4.78 is 4.87. The SMILES string of the molecule is CC1(C=O)[C@]2(O)[C@@H](O)[C@@H](CO)O[C@]12O. The molecule has 2 rings (SSSR count). The first-order valence-electron chi connectivity index (χ1n) is 4.27. The fourth-order valence-electron chi connectivity index (χ4n) is 2.28. The standard InChI is InChI=1S/C8H12O6/c1-6(3-10)7(12)5(11)4(2-9)14-8(6,7)13/h3-5,9,11-13H,2H2,1H3/t4-,5+,6?,7-,8-/m1/s1. The fraction of sp³-hybridized carbons (Fsp3) is 0.875. The first-order valence-corrected chi connectivity index (χ1v) is 4.27. The molecule has 5 atom stereocenters. The van der Waals surface area contributed by atoms with Gasteiger partial charge in [-0.3, -0.25) is 0 Å². The summed E-state index contributed by atoms with van der Waals surface area (Å²) in [6, 6.07) is 0. The van der Waals surface area contributed by atoms with Gasteiger partial charge in [0.1, 0.15) is 23.9 Å². The van der Waals surface area contributed by atoms with Crippen LogP contribution in [0.25, 0.3) is 0 Å². The maximum absolute atomic E-state index is 10.7. The van der Waals surface area contributed by atoms with Crippen LogP contribution >= 0.6 is 0 Å². The van der Waals surface area contributed by atoms with Gasteiger partial charge in [-0.2, -0.15) is 0 Å². The molecule has 80 valence electrons. The van der Waals surface area contributed by atoms with Crippen LogP contribution in [0.15, 0.2) is 0 Å². The highest BCUT2D eigenvalue weighted by molar-refractivity contribution is 5.73. The number of hydrogen-bond acceptors (Lipinski definition) is 6. The molecule has 4 N–H and O–H groups in total. The molecular formula is C8H12O6. The molecule has 1 saturated carbocycles. The van der Waals surface area contributed by atoms with Gasteiger partial charge in [0.2, 0.25) is 5.79 Å². The van der Waals surface area contributed by atoms with Crippen LogP contribution in [-0.4, -0.2) is 56.9 Å². The smallest absolute Gasteiger partial charge is 0.214 e. The first kappa shape index (κ1) is 10.0. The van der Waals surface area contributed by atoms with Crippen LogP contribution in [0, 0.1) is 5.41 Å². The highest BCUT2D eigenvalue weighted by atomic mass is 16.7. The predicted molar refractivity (Wildman–Crippen MR) is 42.0 cm³/mol. The Bertz CT molecular complexity index is 294. The van der Waals surface area contributed by atoms with Crippen molar-refractivity contribution in [2.45, 2.75) is 30.5 Å². The number of aldehydes is 1. The number of rotatable bonds is 2. The summed E-state index contributed by atoms with van der Waals surface area (Å²) in [4.78, 5) is 10.7. The van der Waals surface area contributed by atoms with Gasteiger partial charge in [-0.25, -0.2) is 0 Å². The number of carbonyl (C=O) groups excluding carboxylic acids is 1. The maximum Gasteiger partial charge on any atom is 0.214 e. The summed E-state index contributed by atoms with van der Waals surface area (Å²) in [6.45, 7) is 0.761. The Morgan fingerprint density at radius 2 is 2.07 bits per heavy atom. The Morgan fingerprint density at radius 3 is 2.36 bits per heavy atom. The first-order chi connectivity index (χ1) is 6.39. The Kier molecular flexibility index (Phi) is 1.67. The van der Waals surface area contributed by atoms with Crippen LogP contribution in [0.2, 0.25) is 0 Å². The molecule has 0 aromatic rings. The molecule has 1 aliphatic carbocycles. The second-order valence-electron chi connectivity index (χ2n) is 4.01. The highest BCUT2D eigenvalue weighted by Crippen LogP contribution is 2.70. The van der Waals surface area contributed by atoms with Crippen molar-refractivity contribution < 1.29 is 30.0 Å². The van der Waals surface area contributed by atoms with Gasteiger partial charge in [0.15, 0.2) is 5.60 Å². The van der Waals surface area contributed by atoms with Crippen molar-refractivity contribution in [3.05, 3.63) is 0 Å². The van der Waals surface area contributed by atoms with Gasteiger partial charge in [-0.15, -0.1) is 0 Å². The van der Waals surface area contributed by atoms with Crippen LogP contribution in [-0.2, 0) is 9.53 Å². The molecule has 1 saturated heterocycles. The maximum atomic E-state index is 10.7. The third kappa shape index (κ3) is 0.636. The largest absolute Gasteiger partial charge is 0.394 e. The lowest BCUT2D eigenvalue weighted by molar-refractivity contribution is -0.181. The Balaban J connectivity index is 2.37. The Hall–Kier alpha value is -0.530.